The summed E-state index contributed by atoms with van der Waals surface area (Å²) < 4.78 is 0. The Labute approximate surface area is 95.0 Å². The number of hydrogen-bond donors (Lipinski definition) is 0. The van der Waals surface area contributed by atoms with Crippen molar-refractivity contribution in [3.63, 3.8) is 0 Å². The van der Waals surface area contributed by atoms with E-state index in [-0.39, 0.29) is 0 Å². The highest BCUT2D eigenvalue weighted by Crippen LogP contribution is 2.36. The summed E-state index contributed by atoms with van der Waals surface area (Å²) in [5.41, 5.74) is 3.75. The van der Waals surface area contributed by atoms with Crippen LogP contribution < -0.4 is 0 Å². The van der Waals surface area contributed by atoms with Crippen LogP contribution in [0.15, 0.2) is 36.0 Å². The number of rotatable bonds is 2. The molecule has 0 fully saturated rings. The first-order valence-corrected chi connectivity index (χ1v) is 8.65. The minimum absolute atomic E-state index is 0.429. The van der Waals surface area contributed by atoms with Crippen molar-refractivity contribution in [1.82, 2.24) is 0 Å². The van der Waals surface area contributed by atoms with Gasteiger partial charge in [-0.15, -0.1) is 0 Å². The fourth-order valence-electron chi connectivity index (χ4n) is 1.12. The van der Waals surface area contributed by atoms with Crippen molar-refractivity contribution < 1.29 is 0 Å². The maximum atomic E-state index is 2.45. The predicted octanol–water partition coefficient (Wildman–Crippen LogP) is 4.75. The smallest absolute Gasteiger partial charge is 0.0770 e. The average molecular weight is 218 g/mol. The molecule has 0 aliphatic rings. The average Bonchev–Trinajstić information content (AvgIpc) is 2.15. The predicted molar refractivity (Wildman–Crippen MR) is 72.7 cm³/mol. The lowest BCUT2D eigenvalue weighted by molar-refractivity contribution is 0.729. The third kappa shape index (κ3) is 3.35. The summed E-state index contributed by atoms with van der Waals surface area (Å²) in [4.78, 5) is 0. The maximum Gasteiger partial charge on any atom is 0.0770 e. The van der Waals surface area contributed by atoms with E-state index in [1.165, 1.54) is 5.56 Å². The summed E-state index contributed by atoms with van der Waals surface area (Å²) in [6.45, 7) is 11.9. The zero-order valence-corrected chi connectivity index (χ0v) is 11.5. The summed E-state index contributed by atoms with van der Waals surface area (Å²) in [5.74, 6) is 0. The van der Waals surface area contributed by atoms with Gasteiger partial charge < -0.3 is 0 Å². The molecule has 0 aliphatic heterocycles. The van der Waals surface area contributed by atoms with Crippen LogP contribution in [-0.4, -0.2) is 8.07 Å². The SMILES string of the molecule is CC(C)(C)[Si](C)(C)C=Cc1ccccc1. The normalized spacial score (nSPS) is 13.4. The van der Waals surface area contributed by atoms with Crippen molar-refractivity contribution in [3.8, 4) is 0 Å². The Morgan fingerprint density at radius 3 is 2.00 bits per heavy atom. The van der Waals surface area contributed by atoms with Crippen molar-refractivity contribution in [2.24, 2.45) is 0 Å². The van der Waals surface area contributed by atoms with Crippen LogP contribution in [0.3, 0.4) is 0 Å². The monoisotopic (exact) mass is 218 g/mol. The molecule has 82 valence electrons. The molecule has 0 heterocycles. The van der Waals surface area contributed by atoms with Crippen LogP contribution in [0.1, 0.15) is 26.3 Å². The van der Waals surface area contributed by atoms with E-state index in [2.05, 4.69) is 76.0 Å². The van der Waals surface area contributed by atoms with Crippen LogP contribution in [0.4, 0.5) is 0 Å². The first kappa shape index (κ1) is 12.2. The van der Waals surface area contributed by atoms with Gasteiger partial charge in [-0.1, -0.05) is 76.0 Å². The van der Waals surface area contributed by atoms with E-state index >= 15 is 0 Å². The molecule has 1 aromatic carbocycles. The minimum atomic E-state index is -1.27. The molecule has 15 heavy (non-hydrogen) atoms. The van der Waals surface area contributed by atoms with Gasteiger partial charge in [-0.2, -0.15) is 0 Å². The molecule has 0 atom stereocenters. The van der Waals surface area contributed by atoms with Crippen LogP contribution in [0.5, 0.6) is 0 Å². The first-order valence-electron chi connectivity index (χ1n) is 5.57. The van der Waals surface area contributed by atoms with Gasteiger partial charge in [-0.05, 0) is 10.6 Å². The molecule has 0 saturated carbocycles. The summed E-state index contributed by atoms with van der Waals surface area (Å²) >= 11 is 0. The van der Waals surface area contributed by atoms with Crippen LogP contribution in [0.2, 0.25) is 18.1 Å². The third-order valence-electron chi connectivity index (χ3n) is 3.43. The zero-order valence-electron chi connectivity index (χ0n) is 10.5. The number of hydrogen-bond acceptors (Lipinski definition) is 0. The Balaban J connectivity index is 2.83. The number of benzene rings is 1. The molecule has 1 heteroatoms. The molecule has 0 N–H and O–H groups in total. The molecule has 1 aromatic rings. The second-order valence-corrected chi connectivity index (χ2v) is 11.0. The van der Waals surface area contributed by atoms with E-state index in [0.717, 1.165) is 0 Å². The van der Waals surface area contributed by atoms with Gasteiger partial charge in [0.15, 0.2) is 0 Å². The van der Waals surface area contributed by atoms with Crippen molar-refractivity contribution in [1.29, 1.82) is 0 Å². The minimum Gasteiger partial charge on any atom is -0.0936 e. The maximum absolute atomic E-state index is 2.45. The molecule has 0 nitrogen and oxygen atoms in total. The van der Waals surface area contributed by atoms with Crippen LogP contribution >= 0.6 is 0 Å². The Hall–Kier alpha value is -0.823. The Morgan fingerprint density at radius 2 is 1.53 bits per heavy atom. The molecule has 0 unspecified atom stereocenters. The molecule has 0 spiro atoms. The van der Waals surface area contributed by atoms with E-state index < -0.39 is 8.07 Å². The highest BCUT2D eigenvalue weighted by Gasteiger charge is 2.32. The molecule has 0 aromatic heterocycles. The second kappa shape index (κ2) is 4.36. The van der Waals surface area contributed by atoms with Crippen molar-refractivity contribution in [2.75, 3.05) is 0 Å². The fourth-order valence-corrected chi connectivity index (χ4v) is 2.23. The van der Waals surface area contributed by atoms with Gasteiger partial charge in [0.05, 0.1) is 8.07 Å². The largest absolute Gasteiger partial charge is 0.0936 e. The zero-order chi connectivity index (χ0) is 11.5. The summed E-state index contributed by atoms with van der Waals surface area (Å²) in [7, 11) is -1.27. The molecule has 0 radical (unpaired) electrons. The quantitative estimate of drug-likeness (QED) is 0.629. The van der Waals surface area contributed by atoms with Gasteiger partial charge in [0.2, 0.25) is 0 Å². The summed E-state index contributed by atoms with van der Waals surface area (Å²) in [5, 5.41) is 0.429. The van der Waals surface area contributed by atoms with Gasteiger partial charge in [0, 0.05) is 0 Å². The van der Waals surface area contributed by atoms with Gasteiger partial charge in [0.25, 0.3) is 0 Å². The van der Waals surface area contributed by atoms with Gasteiger partial charge in [-0.3, -0.25) is 0 Å². The molecule has 0 saturated heterocycles. The van der Waals surface area contributed by atoms with E-state index in [0.29, 0.717) is 5.04 Å². The van der Waals surface area contributed by atoms with Gasteiger partial charge in [0.1, 0.15) is 0 Å². The molecule has 0 amide bonds. The lowest BCUT2D eigenvalue weighted by Crippen LogP contribution is -2.34. The highest BCUT2D eigenvalue weighted by atomic mass is 28.3. The Morgan fingerprint density at radius 1 is 1.00 bits per heavy atom. The lowest BCUT2D eigenvalue weighted by atomic mass is 10.2. The van der Waals surface area contributed by atoms with Crippen LogP contribution in [0.25, 0.3) is 6.08 Å². The topological polar surface area (TPSA) is 0 Å². The standard InChI is InChI=1S/C14H22Si/c1-14(2,3)15(4,5)12-11-13-9-7-6-8-10-13/h6-12H,1-5H3. The first-order chi connectivity index (χ1) is 6.83. The Kier molecular flexibility index (Phi) is 3.56. The van der Waals surface area contributed by atoms with E-state index in [9.17, 15) is 0 Å². The third-order valence-corrected chi connectivity index (χ3v) is 8.29. The fraction of sp³-hybridized carbons (Fsp3) is 0.429. The van der Waals surface area contributed by atoms with Crippen molar-refractivity contribution in [2.45, 2.75) is 38.9 Å². The second-order valence-electron chi connectivity index (χ2n) is 5.72. The van der Waals surface area contributed by atoms with E-state index in [1.807, 2.05) is 0 Å². The summed E-state index contributed by atoms with van der Waals surface area (Å²) in [6.07, 6.45) is 2.28. The van der Waals surface area contributed by atoms with E-state index in [4.69, 9.17) is 0 Å². The summed E-state index contributed by atoms with van der Waals surface area (Å²) in [6, 6.07) is 10.5. The van der Waals surface area contributed by atoms with Crippen molar-refractivity contribution in [3.05, 3.63) is 41.6 Å². The Bertz CT molecular complexity index is 328. The highest BCUT2D eigenvalue weighted by molar-refractivity contribution is 6.85. The van der Waals surface area contributed by atoms with Gasteiger partial charge in [-0.25, -0.2) is 0 Å². The van der Waals surface area contributed by atoms with Crippen LogP contribution in [-0.2, 0) is 0 Å². The molecule has 0 bridgehead atoms. The van der Waals surface area contributed by atoms with Crippen molar-refractivity contribution >= 4 is 14.1 Å². The molecule has 0 aliphatic carbocycles. The molecular weight excluding hydrogens is 196 g/mol. The van der Waals surface area contributed by atoms with Gasteiger partial charge >= 0.3 is 0 Å². The molecular formula is C14H22Si. The molecule has 1 rings (SSSR count). The van der Waals surface area contributed by atoms with E-state index in [1.54, 1.807) is 0 Å². The lowest BCUT2D eigenvalue weighted by Gasteiger charge is -2.34. The van der Waals surface area contributed by atoms with Crippen LogP contribution in [0, 0.1) is 0 Å².